The number of methoxy groups -OCH3 is 1. The van der Waals surface area contributed by atoms with Crippen molar-refractivity contribution in [3.8, 4) is 0 Å². The first-order valence-electron chi connectivity index (χ1n) is 4.33. The lowest BCUT2D eigenvalue weighted by Gasteiger charge is -2.14. The Balaban J connectivity index is 2.35. The molecule has 1 heterocycles. The van der Waals surface area contributed by atoms with Crippen LogP contribution in [0.25, 0.3) is 0 Å². The van der Waals surface area contributed by atoms with Crippen LogP contribution in [0.4, 0.5) is 5.95 Å². The fourth-order valence-corrected chi connectivity index (χ4v) is 1.06. The molecule has 0 radical (unpaired) electrons. The summed E-state index contributed by atoms with van der Waals surface area (Å²) in [4.78, 5) is 6.23. The molecule has 0 saturated carbocycles. The molecule has 0 aliphatic heterocycles. The summed E-state index contributed by atoms with van der Waals surface area (Å²) in [5.74, 6) is 1.59. The van der Waals surface area contributed by atoms with Gasteiger partial charge in [0, 0.05) is 27.3 Å². The van der Waals surface area contributed by atoms with Gasteiger partial charge in [0.15, 0.2) is 0 Å². The van der Waals surface area contributed by atoms with Crippen LogP contribution in [0.1, 0.15) is 12.2 Å². The lowest BCUT2D eigenvalue weighted by Crippen LogP contribution is -2.20. The number of nitrogens with zero attached hydrogens (tertiary/aromatic N) is 3. The Morgan fingerprint density at radius 3 is 2.85 bits per heavy atom. The Morgan fingerprint density at radius 2 is 2.31 bits per heavy atom. The van der Waals surface area contributed by atoms with Crippen LogP contribution in [-0.4, -0.2) is 42.5 Å². The Morgan fingerprint density at radius 1 is 1.54 bits per heavy atom. The SMILES string of the molecule is COCCCN(C)c1nc(C)n[nH]1. The van der Waals surface area contributed by atoms with Crippen LogP contribution in [-0.2, 0) is 4.74 Å². The first-order chi connectivity index (χ1) is 6.24. The van der Waals surface area contributed by atoms with E-state index in [0.29, 0.717) is 0 Å². The van der Waals surface area contributed by atoms with Crippen molar-refractivity contribution < 1.29 is 4.74 Å². The van der Waals surface area contributed by atoms with Crippen molar-refractivity contribution in [3.05, 3.63) is 5.82 Å². The van der Waals surface area contributed by atoms with E-state index >= 15 is 0 Å². The molecule has 1 rings (SSSR count). The average molecular weight is 184 g/mol. The predicted molar refractivity (Wildman–Crippen MR) is 50.9 cm³/mol. The minimum absolute atomic E-state index is 0.772. The zero-order chi connectivity index (χ0) is 9.68. The number of aromatic nitrogens is 3. The summed E-state index contributed by atoms with van der Waals surface area (Å²) in [6.07, 6.45) is 0.993. The molecule has 1 aromatic rings. The Hall–Kier alpha value is -1.10. The molecule has 0 saturated heterocycles. The zero-order valence-corrected chi connectivity index (χ0v) is 8.37. The smallest absolute Gasteiger partial charge is 0.221 e. The van der Waals surface area contributed by atoms with E-state index in [1.807, 2.05) is 18.9 Å². The van der Waals surface area contributed by atoms with Gasteiger partial charge in [0.1, 0.15) is 5.82 Å². The minimum atomic E-state index is 0.772. The monoisotopic (exact) mass is 184 g/mol. The molecule has 0 unspecified atom stereocenters. The number of hydrogen-bond donors (Lipinski definition) is 1. The van der Waals surface area contributed by atoms with Gasteiger partial charge in [0.25, 0.3) is 0 Å². The molecule has 0 spiro atoms. The molecule has 0 bridgehead atoms. The van der Waals surface area contributed by atoms with Crippen molar-refractivity contribution in [2.24, 2.45) is 0 Å². The van der Waals surface area contributed by atoms with Gasteiger partial charge in [-0.2, -0.15) is 10.1 Å². The summed E-state index contributed by atoms with van der Waals surface area (Å²) < 4.78 is 4.96. The molecule has 0 aliphatic rings. The van der Waals surface area contributed by atoms with Crippen LogP contribution in [0.3, 0.4) is 0 Å². The van der Waals surface area contributed by atoms with E-state index in [4.69, 9.17) is 4.74 Å². The molecular formula is C8H16N4O. The number of H-pyrrole nitrogens is 1. The fraction of sp³-hybridized carbons (Fsp3) is 0.750. The molecule has 0 amide bonds. The third-order valence-corrected chi connectivity index (χ3v) is 1.79. The topological polar surface area (TPSA) is 54.0 Å². The molecule has 5 nitrogen and oxygen atoms in total. The zero-order valence-electron chi connectivity index (χ0n) is 8.37. The largest absolute Gasteiger partial charge is 0.385 e. The number of ether oxygens (including phenoxy) is 1. The molecule has 1 aromatic heterocycles. The third-order valence-electron chi connectivity index (χ3n) is 1.79. The summed E-state index contributed by atoms with van der Waals surface area (Å²) in [5.41, 5.74) is 0. The number of rotatable bonds is 5. The van der Waals surface area contributed by atoms with Crippen LogP contribution < -0.4 is 4.90 Å². The third kappa shape index (κ3) is 3.02. The Bertz CT molecular complexity index is 248. The van der Waals surface area contributed by atoms with Crippen molar-refractivity contribution in [2.45, 2.75) is 13.3 Å². The minimum Gasteiger partial charge on any atom is -0.385 e. The van der Waals surface area contributed by atoms with Crippen LogP contribution in [0.5, 0.6) is 0 Å². The molecule has 5 heteroatoms. The van der Waals surface area contributed by atoms with Crippen molar-refractivity contribution >= 4 is 5.95 Å². The van der Waals surface area contributed by atoms with Gasteiger partial charge in [0.2, 0.25) is 5.95 Å². The van der Waals surface area contributed by atoms with Crippen LogP contribution >= 0.6 is 0 Å². The van der Waals surface area contributed by atoms with E-state index in [0.717, 1.165) is 31.3 Å². The highest BCUT2D eigenvalue weighted by Gasteiger charge is 2.03. The summed E-state index contributed by atoms with van der Waals surface area (Å²) >= 11 is 0. The second kappa shape index (κ2) is 4.81. The molecule has 0 aromatic carbocycles. The quantitative estimate of drug-likeness (QED) is 0.680. The fourth-order valence-electron chi connectivity index (χ4n) is 1.06. The van der Waals surface area contributed by atoms with E-state index in [2.05, 4.69) is 15.2 Å². The highest BCUT2D eigenvalue weighted by Crippen LogP contribution is 2.03. The Labute approximate surface area is 78.1 Å². The molecule has 0 aliphatic carbocycles. The molecule has 13 heavy (non-hydrogen) atoms. The van der Waals surface area contributed by atoms with Gasteiger partial charge in [-0.25, -0.2) is 5.10 Å². The first kappa shape index (κ1) is 9.98. The second-order valence-corrected chi connectivity index (χ2v) is 2.97. The van der Waals surface area contributed by atoms with E-state index < -0.39 is 0 Å². The number of aromatic amines is 1. The van der Waals surface area contributed by atoms with E-state index in [1.165, 1.54) is 0 Å². The van der Waals surface area contributed by atoms with Crippen molar-refractivity contribution in [1.29, 1.82) is 0 Å². The number of nitrogens with one attached hydrogen (secondary N) is 1. The van der Waals surface area contributed by atoms with Gasteiger partial charge < -0.3 is 9.64 Å². The van der Waals surface area contributed by atoms with Gasteiger partial charge >= 0.3 is 0 Å². The van der Waals surface area contributed by atoms with Gasteiger partial charge in [-0.15, -0.1) is 0 Å². The van der Waals surface area contributed by atoms with E-state index in [-0.39, 0.29) is 0 Å². The first-order valence-corrected chi connectivity index (χ1v) is 4.33. The van der Waals surface area contributed by atoms with Crippen molar-refractivity contribution in [2.75, 3.05) is 32.2 Å². The van der Waals surface area contributed by atoms with Crippen LogP contribution in [0.15, 0.2) is 0 Å². The number of anilines is 1. The van der Waals surface area contributed by atoms with Crippen LogP contribution in [0.2, 0.25) is 0 Å². The average Bonchev–Trinajstić information content (AvgIpc) is 2.52. The van der Waals surface area contributed by atoms with E-state index in [9.17, 15) is 0 Å². The van der Waals surface area contributed by atoms with Gasteiger partial charge in [0.05, 0.1) is 0 Å². The molecular weight excluding hydrogens is 168 g/mol. The summed E-state index contributed by atoms with van der Waals surface area (Å²) in [7, 11) is 3.69. The lowest BCUT2D eigenvalue weighted by molar-refractivity contribution is 0.196. The van der Waals surface area contributed by atoms with Crippen LogP contribution in [0, 0.1) is 6.92 Å². The second-order valence-electron chi connectivity index (χ2n) is 2.97. The van der Waals surface area contributed by atoms with Crippen molar-refractivity contribution in [3.63, 3.8) is 0 Å². The molecule has 74 valence electrons. The maximum atomic E-state index is 4.96. The highest BCUT2D eigenvalue weighted by atomic mass is 16.5. The summed E-state index contributed by atoms with van der Waals surface area (Å²) in [6, 6.07) is 0. The summed E-state index contributed by atoms with van der Waals surface area (Å²) in [5, 5.41) is 6.81. The molecule has 1 N–H and O–H groups in total. The van der Waals surface area contributed by atoms with Crippen molar-refractivity contribution in [1.82, 2.24) is 15.2 Å². The normalized spacial score (nSPS) is 10.4. The number of aryl methyl sites for hydroxylation is 1. The lowest BCUT2D eigenvalue weighted by atomic mass is 10.4. The van der Waals surface area contributed by atoms with Gasteiger partial charge in [-0.05, 0) is 13.3 Å². The predicted octanol–water partition coefficient (Wildman–Crippen LogP) is 0.586. The maximum absolute atomic E-state index is 4.96. The maximum Gasteiger partial charge on any atom is 0.221 e. The highest BCUT2D eigenvalue weighted by molar-refractivity contribution is 5.26. The molecule has 0 atom stereocenters. The standard InChI is InChI=1S/C8H16N4O/c1-7-9-8(11-10-7)12(2)5-4-6-13-3/h4-6H2,1-3H3,(H,9,10,11). The van der Waals surface area contributed by atoms with E-state index in [1.54, 1.807) is 7.11 Å². The molecule has 0 fully saturated rings. The number of hydrogen-bond acceptors (Lipinski definition) is 4. The summed E-state index contributed by atoms with van der Waals surface area (Å²) in [6.45, 7) is 3.56. The van der Waals surface area contributed by atoms with Gasteiger partial charge in [-0.1, -0.05) is 0 Å². The Kier molecular flexibility index (Phi) is 3.70. The van der Waals surface area contributed by atoms with Gasteiger partial charge in [-0.3, -0.25) is 0 Å².